The zero-order valence-electron chi connectivity index (χ0n) is 11.6. The largest absolute Gasteiger partial charge is 0.329 e. The van der Waals surface area contributed by atoms with E-state index < -0.39 is 0 Å². The highest BCUT2D eigenvalue weighted by atomic mass is 79.9. The van der Waals surface area contributed by atoms with Crippen LogP contribution in [0.2, 0.25) is 0 Å². The summed E-state index contributed by atoms with van der Waals surface area (Å²) < 4.78 is 0.887. The normalized spacial score (nSPS) is 20.9. The van der Waals surface area contributed by atoms with Gasteiger partial charge in [-0.05, 0) is 35.1 Å². The van der Waals surface area contributed by atoms with Crippen molar-refractivity contribution in [1.82, 2.24) is 14.8 Å². The second kappa shape index (κ2) is 7.12. The van der Waals surface area contributed by atoms with Crippen LogP contribution >= 0.6 is 15.9 Å². The van der Waals surface area contributed by atoms with Gasteiger partial charge in [-0.25, -0.2) is 4.98 Å². The number of likely N-dealkylation sites (N-methyl/N-ethyl adjacent to an activating group) is 1. The summed E-state index contributed by atoms with van der Waals surface area (Å²) in [5.41, 5.74) is 5.78. The number of nitrogens with one attached hydrogen (secondary N) is 1. The minimum atomic E-state index is -0.0529. The van der Waals surface area contributed by atoms with Crippen molar-refractivity contribution in [3.63, 3.8) is 0 Å². The summed E-state index contributed by atoms with van der Waals surface area (Å²) in [6, 6.07) is 3.85. The van der Waals surface area contributed by atoms with E-state index in [9.17, 15) is 4.79 Å². The van der Waals surface area contributed by atoms with Crippen molar-refractivity contribution in [3.05, 3.63) is 22.8 Å². The summed E-state index contributed by atoms with van der Waals surface area (Å²) in [4.78, 5) is 20.6. The van der Waals surface area contributed by atoms with E-state index >= 15 is 0 Å². The third-order valence-electron chi connectivity index (χ3n) is 3.42. The number of hydrogen-bond donors (Lipinski definition) is 2. The number of nitrogens with two attached hydrogens (primary N) is 1. The van der Waals surface area contributed by atoms with Crippen LogP contribution in [-0.2, 0) is 4.79 Å². The summed E-state index contributed by atoms with van der Waals surface area (Å²) >= 11 is 3.31. The van der Waals surface area contributed by atoms with Crippen LogP contribution in [0, 0.1) is 0 Å². The van der Waals surface area contributed by atoms with E-state index in [1.165, 1.54) is 0 Å². The average Bonchev–Trinajstić information content (AvgIpc) is 2.43. The molecule has 1 aromatic heterocycles. The Morgan fingerprint density at radius 3 is 3.00 bits per heavy atom. The number of carbonyl (C=O) groups excluding carboxylic acids is 1. The predicted molar refractivity (Wildman–Crippen MR) is 82.5 cm³/mol. The first-order valence-electron chi connectivity index (χ1n) is 6.62. The van der Waals surface area contributed by atoms with Gasteiger partial charge in [-0.2, -0.15) is 0 Å². The number of carbonyl (C=O) groups is 1. The highest BCUT2D eigenvalue weighted by molar-refractivity contribution is 9.10. The van der Waals surface area contributed by atoms with Crippen molar-refractivity contribution >= 4 is 27.7 Å². The summed E-state index contributed by atoms with van der Waals surface area (Å²) in [7, 11) is 2.08. The van der Waals surface area contributed by atoms with E-state index in [4.69, 9.17) is 5.73 Å². The molecule has 0 aliphatic carbocycles. The molecular formula is C13H20BrN5O. The van der Waals surface area contributed by atoms with E-state index in [0.29, 0.717) is 18.9 Å². The maximum absolute atomic E-state index is 12.0. The molecule has 2 rings (SSSR count). The third kappa shape index (κ3) is 4.24. The van der Waals surface area contributed by atoms with Gasteiger partial charge >= 0.3 is 0 Å². The van der Waals surface area contributed by atoms with E-state index in [1.807, 2.05) is 6.07 Å². The molecule has 1 atom stereocenters. The van der Waals surface area contributed by atoms with Crippen LogP contribution < -0.4 is 11.1 Å². The van der Waals surface area contributed by atoms with Crippen LogP contribution in [0.5, 0.6) is 0 Å². The lowest BCUT2D eigenvalue weighted by Gasteiger charge is -2.38. The second-order valence-corrected chi connectivity index (χ2v) is 5.95. The molecule has 20 heavy (non-hydrogen) atoms. The van der Waals surface area contributed by atoms with E-state index in [-0.39, 0.29) is 11.9 Å². The van der Waals surface area contributed by atoms with Gasteiger partial charge in [0.25, 0.3) is 0 Å². The fourth-order valence-corrected chi connectivity index (χ4v) is 2.53. The molecule has 1 aromatic rings. The van der Waals surface area contributed by atoms with Crippen molar-refractivity contribution in [2.24, 2.45) is 5.73 Å². The highest BCUT2D eigenvalue weighted by Crippen LogP contribution is 2.11. The molecule has 1 aliphatic heterocycles. The van der Waals surface area contributed by atoms with E-state index in [2.05, 4.69) is 43.1 Å². The molecule has 0 bridgehead atoms. The van der Waals surface area contributed by atoms with Crippen LogP contribution in [0.25, 0.3) is 0 Å². The van der Waals surface area contributed by atoms with Gasteiger partial charge in [0.05, 0.1) is 6.54 Å². The lowest BCUT2D eigenvalue weighted by Crippen LogP contribution is -2.56. The molecule has 0 saturated carbocycles. The molecule has 7 heteroatoms. The Morgan fingerprint density at radius 1 is 1.55 bits per heavy atom. The molecule has 2 heterocycles. The molecule has 1 fully saturated rings. The van der Waals surface area contributed by atoms with Gasteiger partial charge in [0.2, 0.25) is 5.91 Å². The molecule has 110 valence electrons. The minimum Gasteiger partial charge on any atom is -0.329 e. The summed E-state index contributed by atoms with van der Waals surface area (Å²) in [5.74, 6) is 0.513. The Hall–Kier alpha value is -1.02. The summed E-state index contributed by atoms with van der Waals surface area (Å²) in [6.45, 7) is 3.64. The standard InChI is InChI=1S/C13H20BrN5O/c1-18-4-5-19(11(6-15)8-18)9-13(20)17-12-3-2-10(14)7-16-12/h2-3,7,11H,4-6,8-9,15H2,1H3,(H,16,17,20). The summed E-state index contributed by atoms with van der Waals surface area (Å²) in [5, 5.41) is 2.81. The Bertz CT molecular complexity index is 453. The zero-order chi connectivity index (χ0) is 14.5. The summed E-state index contributed by atoms with van der Waals surface area (Å²) in [6.07, 6.45) is 1.66. The topological polar surface area (TPSA) is 74.5 Å². The maximum Gasteiger partial charge on any atom is 0.239 e. The number of anilines is 1. The van der Waals surface area contributed by atoms with Crippen molar-refractivity contribution in [2.45, 2.75) is 6.04 Å². The first-order valence-corrected chi connectivity index (χ1v) is 7.42. The second-order valence-electron chi connectivity index (χ2n) is 5.03. The number of aromatic nitrogens is 1. The van der Waals surface area contributed by atoms with Crippen LogP contribution in [0.3, 0.4) is 0 Å². The van der Waals surface area contributed by atoms with E-state index in [0.717, 1.165) is 24.1 Å². The van der Waals surface area contributed by atoms with Crippen molar-refractivity contribution in [2.75, 3.05) is 45.1 Å². The van der Waals surface area contributed by atoms with Crippen LogP contribution in [-0.4, -0.2) is 66.5 Å². The number of pyridine rings is 1. The van der Waals surface area contributed by atoms with Gasteiger partial charge in [0.15, 0.2) is 0 Å². The minimum absolute atomic E-state index is 0.0529. The van der Waals surface area contributed by atoms with Crippen LogP contribution in [0.1, 0.15) is 0 Å². The molecule has 0 radical (unpaired) electrons. The molecule has 6 nitrogen and oxygen atoms in total. The number of halogens is 1. The molecule has 1 unspecified atom stereocenters. The fraction of sp³-hybridized carbons (Fsp3) is 0.538. The van der Waals surface area contributed by atoms with Gasteiger partial charge in [-0.1, -0.05) is 0 Å². The average molecular weight is 342 g/mol. The molecule has 1 aliphatic rings. The Morgan fingerprint density at radius 2 is 2.35 bits per heavy atom. The Kier molecular flexibility index (Phi) is 5.47. The van der Waals surface area contributed by atoms with Crippen molar-refractivity contribution in [1.29, 1.82) is 0 Å². The van der Waals surface area contributed by atoms with Gasteiger partial charge < -0.3 is 16.0 Å². The van der Waals surface area contributed by atoms with Gasteiger partial charge in [0.1, 0.15) is 5.82 Å². The van der Waals surface area contributed by atoms with Crippen molar-refractivity contribution < 1.29 is 4.79 Å². The number of nitrogens with zero attached hydrogens (tertiary/aromatic N) is 3. The number of rotatable bonds is 4. The Balaban J connectivity index is 1.88. The fourth-order valence-electron chi connectivity index (χ4n) is 2.30. The van der Waals surface area contributed by atoms with Gasteiger partial charge in [0, 0.05) is 42.9 Å². The number of hydrogen-bond acceptors (Lipinski definition) is 5. The molecule has 3 N–H and O–H groups in total. The monoisotopic (exact) mass is 341 g/mol. The zero-order valence-corrected chi connectivity index (χ0v) is 13.1. The predicted octanol–water partition coefficient (Wildman–Crippen LogP) is 0.357. The van der Waals surface area contributed by atoms with Crippen LogP contribution in [0.4, 0.5) is 5.82 Å². The highest BCUT2D eigenvalue weighted by Gasteiger charge is 2.25. The maximum atomic E-state index is 12.0. The number of amides is 1. The lowest BCUT2D eigenvalue weighted by molar-refractivity contribution is -0.118. The molecule has 1 amide bonds. The first kappa shape index (κ1) is 15.4. The van der Waals surface area contributed by atoms with Gasteiger partial charge in [-0.15, -0.1) is 0 Å². The molecule has 0 aromatic carbocycles. The first-order chi connectivity index (χ1) is 9.58. The lowest BCUT2D eigenvalue weighted by atomic mass is 10.1. The number of piperazine rings is 1. The SMILES string of the molecule is CN1CCN(CC(=O)Nc2ccc(Br)cn2)C(CN)C1. The molecule has 0 spiro atoms. The third-order valence-corrected chi connectivity index (χ3v) is 3.89. The van der Waals surface area contributed by atoms with Gasteiger partial charge in [-0.3, -0.25) is 9.69 Å². The smallest absolute Gasteiger partial charge is 0.239 e. The van der Waals surface area contributed by atoms with E-state index in [1.54, 1.807) is 12.3 Å². The van der Waals surface area contributed by atoms with Crippen molar-refractivity contribution in [3.8, 4) is 0 Å². The molecule has 1 saturated heterocycles. The Labute approximate surface area is 127 Å². The quantitative estimate of drug-likeness (QED) is 0.826. The molecular weight excluding hydrogens is 322 g/mol. The van der Waals surface area contributed by atoms with Crippen LogP contribution in [0.15, 0.2) is 22.8 Å².